The van der Waals surface area contributed by atoms with Gasteiger partial charge in [-0.1, -0.05) is 0 Å². The third kappa shape index (κ3) is 1.23. The van der Waals surface area contributed by atoms with Crippen LogP contribution in [0.1, 0.15) is 12.8 Å². The number of hydrazine groups is 1. The van der Waals surface area contributed by atoms with Gasteiger partial charge in [0.05, 0.1) is 6.04 Å². The van der Waals surface area contributed by atoms with Crippen LogP contribution >= 0.6 is 0 Å². The van der Waals surface area contributed by atoms with Crippen LogP contribution in [0.2, 0.25) is 0 Å². The summed E-state index contributed by atoms with van der Waals surface area (Å²) in [5, 5.41) is 0. The Morgan fingerprint density at radius 2 is 2.58 bits per heavy atom. The lowest BCUT2D eigenvalue weighted by molar-refractivity contribution is 0.358. The van der Waals surface area contributed by atoms with Crippen molar-refractivity contribution in [1.82, 2.24) is 10.3 Å². The van der Waals surface area contributed by atoms with Crippen LogP contribution < -0.4 is 11.3 Å². The molecule has 0 radical (unpaired) electrons. The first-order valence-corrected chi connectivity index (χ1v) is 4.35. The van der Waals surface area contributed by atoms with Gasteiger partial charge in [-0.05, 0) is 18.9 Å². The van der Waals surface area contributed by atoms with Crippen LogP contribution in [-0.2, 0) is 0 Å². The molecule has 4 nitrogen and oxygen atoms in total. The van der Waals surface area contributed by atoms with Crippen LogP contribution in [-0.4, -0.2) is 29.9 Å². The van der Waals surface area contributed by atoms with E-state index in [-0.39, 0.29) is 6.04 Å². The van der Waals surface area contributed by atoms with Gasteiger partial charge in [0.15, 0.2) is 0 Å². The maximum absolute atomic E-state index is 5.43. The molecule has 0 aromatic heterocycles. The molecule has 0 aliphatic carbocycles. The Hall–Kier alpha value is -0.870. The van der Waals surface area contributed by atoms with E-state index in [1.54, 1.807) is 0 Å². The normalized spacial score (nSPS) is 28.2. The molecule has 0 spiro atoms. The summed E-state index contributed by atoms with van der Waals surface area (Å²) in [6.45, 7) is 2.10. The molecule has 0 aromatic rings. The molecule has 0 bridgehead atoms. The fourth-order valence-electron chi connectivity index (χ4n) is 1.77. The molecule has 2 aliphatic heterocycles. The van der Waals surface area contributed by atoms with E-state index in [9.17, 15) is 0 Å². The van der Waals surface area contributed by atoms with Gasteiger partial charge in [0, 0.05) is 19.3 Å². The van der Waals surface area contributed by atoms with Gasteiger partial charge in [0.2, 0.25) is 0 Å². The lowest BCUT2D eigenvalue weighted by Gasteiger charge is -2.35. The summed E-state index contributed by atoms with van der Waals surface area (Å²) >= 11 is 0. The predicted octanol–water partition coefficient (Wildman–Crippen LogP) is -0.160. The summed E-state index contributed by atoms with van der Waals surface area (Å²) in [6.07, 6.45) is 6.23. The molecule has 3 N–H and O–H groups in total. The first-order valence-electron chi connectivity index (χ1n) is 4.35. The van der Waals surface area contributed by atoms with Gasteiger partial charge < -0.3 is 4.90 Å². The monoisotopic (exact) mass is 166 g/mol. The summed E-state index contributed by atoms with van der Waals surface area (Å²) in [7, 11) is 0. The first-order chi connectivity index (χ1) is 5.92. The van der Waals surface area contributed by atoms with Gasteiger partial charge in [-0.3, -0.25) is 5.84 Å². The highest BCUT2D eigenvalue weighted by Crippen LogP contribution is 2.14. The smallest absolute Gasteiger partial charge is 0.123 e. The van der Waals surface area contributed by atoms with Gasteiger partial charge >= 0.3 is 0 Å². The lowest BCUT2D eigenvalue weighted by atomic mass is 10.0. The molecule has 2 aliphatic rings. The zero-order valence-electron chi connectivity index (χ0n) is 7.03. The maximum Gasteiger partial charge on any atom is 0.123 e. The number of hydrogen-bond donors (Lipinski definition) is 2. The van der Waals surface area contributed by atoms with E-state index in [1.807, 2.05) is 6.20 Å². The van der Waals surface area contributed by atoms with Crippen molar-refractivity contribution < 1.29 is 0 Å². The van der Waals surface area contributed by atoms with Gasteiger partial charge in [-0.25, -0.2) is 10.4 Å². The van der Waals surface area contributed by atoms with E-state index in [1.165, 1.54) is 6.42 Å². The Kier molecular flexibility index (Phi) is 2.10. The molecular formula is C8H14N4. The lowest BCUT2D eigenvalue weighted by Crippen LogP contribution is -2.53. The Balaban J connectivity index is 2.17. The molecule has 0 aromatic carbocycles. The van der Waals surface area contributed by atoms with Crippen molar-refractivity contribution in [2.45, 2.75) is 18.9 Å². The molecule has 12 heavy (non-hydrogen) atoms. The van der Waals surface area contributed by atoms with Gasteiger partial charge in [0.1, 0.15) is 5.84 Å². The van der Waals surface area contributed by atoms with Crippen LogP contribution in [0, 0.1) is 0 Å². The Bertz CT molecular complexity index is 221. The topological polar surface area (TPSA) is 53.6 Å². The summed E-state index contributed by atoms with van der Waals surface area (Å²) < 4.78 is 0. The molecule has 0 saturated carbocycles. The summed E-state index contributed by atoms with van der Waals surface area (Å²) in [6, 6.07) is 0.253. The minimum absolute atomic E-state index is 0.253. The second kappa shape index (κ2) is 3.25. The van der Waals surface area contributed by atoms with Crippen LogP contribution in [0.3, 0.4) is 0 Å². The maximum atomic E-state index is 5.43. The highest BCUT2D eigenvalue weighted by molar-refractivity contribution is 5.89. The number of amidine groups is 1. The van der Waals surface area contributed by atoms with Crippen molar-refractivity contribution in [2.24, 2.45) is 10.8 Å². The van der Waals surface area contributed by atoms with Gasteiger partial charge in [-0.2, -0.15) is 0 Å². The largest absolute Gasteiger partial charge is 0.355 e. The van der Waals surface area contributed by atoms with Crippen molar-refractivity contribution in [1.29, 1.82) is 0 Å². The second-order valence-electron chi connectivity index (χ2n) is 3.18. The fraction of sp³-hybridized carbons (Fsp3) is 0.625. The van der Waals surface area contributed by atoms with E-state index in [0.29, 0.717) is 0 Å². The number of aliphatic imine (C=N–C) groups is 1. The highest BCUT2D eigenvalue weighted by Gasteiger charge is 2.25. The average molecular weight is 166 g/mol. The van der Waals surface area contributed by atoms with Crippen LogP contribution in [0.4, 0.5) is 0 Å². The molecule has 1 fully saturated rings. The quantitative estimate of drug-likeness (QED) is 0.420. The summed E-state index contributed by atoms with van der Waals surface area (Å²) in [5.74, 6) is 6.53. The molecule has 2 rings (SSSR count). The van der Waals surface area contributed by atoms with E-state index >= 15 is 0 Å². The standard InChI is InChI=1S/C8H14N4/c9-11-7-3-1-5-12-6-2-4-10-8(7)12/h2,4,7,11H,1,3,5-6,9H2. The van der Waals surface area contributed by atoms with E-state index in [2.05, 4.69) is 21.4 Å². The zero-order valence-corrected chi connectivity index (χ0v) is 7.03. The van der Waals surface area contributed by atoms with Gasteiger partial charge in [0.25, 0.3) is 0 Å². The number of fused-ring (bicyclic) bond motifs is 1. The molecular weight excluding hydrogens is 152 g/mol. The van der Waals surface area contributed by atoms with Crippen LogP contribution in [0.15, 0.2) is 17.3 Å². The third-order valence-electron chi connectivity index (χ3n) is 2.40. The fourth-order valence-corrected chi connectivity index (χ4v) is 1.77. The Labute approximate surface area is 72.1 Å². The van der Waals surface area contributed by atoms with E-state index < -0.39 is 0 Å². The highest BCUT2D eigenvalue weighted by atomic mass is 15.3. The summed E-state index contributed by atoms with van der Waals surface area (Å²) in [5.41, 5.74) is 2.80. The molecule has 2 heterocycles. The van der Waals surface area contributed by atoms with Crippen molar-refractivity contribution in [3.63, 3.8) is 0 Å². The molecule has 1 atom stereocenters. The van der Waals surface area contributed by atoms with Crippen molar-refractivity contribution >= 4 is 5.84 Å². The van der Waals surface area contributed by atoms with Crippen molar-refractivity contribution in [3.8, 4) is 0 Å². The van der Waals surface area contributed by atoms with Crippen molar-refractivity contribution in [2.75, 3.05) is 13.1 Å². The second-order valence-corrected chi connectivity index (χ2v) is 3.18. The minimum Gasteiger partial charge on any atom is -0.355 e. The third-order valence-corrected chi connectivity index (χ3v) is 2.40. The number of nitrogens with two attached hydrogens (primary N) is 1. The van der Waals surface area contributed by atoms with E-state index in [0.717, 1.165) is 25.3 Å². The molecule has 0 amide bonds. The van der Waals surface area contributed by atoms with Gasteiger partial charge in [-0.15, -0.1) is 0 Å². The van der Waals surface area contributed by atoms with E-state index in [4.69, 9.17) is 5.84 Å². The molecule has 66 valence electrons. The number of nitrogens with zero attached hydrogens (tertiary/aromatic N) is 2. The molecule has 1 saturated heterocycles. The molecule has 1 unspecified atom stereocenters. The zero-order chi connectivity index (χ0) is 8.39. The minimum atomic E-state index is 0.253. The Morgan fingerprint density at radius 1 is 1.67 bits per heavy atom. The number of nitrogens with one attached hydrogen (secondary N) is 1. The number of hydrogen-bond acceptors (Lipinski definition) is 4. The average Bonchev–Trinajstić information content (AvgIpc) is 2.17. The Morgan fingerprint density at radius 3 is 3.42 bits per heavy atom. The number of piperidine rings is 1. The number of rotatable bonds is 1. The van der Waals surface area contributed by atoms with Crippen LogP contribution in [0.25, 0.3) is 0 Å². The molecule has 4 heteroatoms. The van der Waals surface area contributed by atoms with Crippen molar-refractivity contribution in [3.05, 3.63) is 12.3 Å². The predicted molar refractivity (Wildman–Crippen MR) is 48.5 cm³/mol. The first kappa shape index (κ1) is 7.76. The SMILES string of the molecule is NNC1CCCN2CC=CN=C12. The summed E-state index contributed by atoms with van der Waals surface area (Å²) in [4.78, 5) is 6.60. The van der Waals surface area contributed by atoms with Crippen LogP contribution in [0.5, 0.6) is 0 Å².